The Morgan fingerprint density at radius 2 is 2.00 bits per heavy atom. The van der Waals surface area contributed by atoms with Crippen LogP contribution in [0.25, 0.3) is 5.69 Å². The molecule has 0 aliphatic rings. The Morgan fingerprint density at radius 1 is 1.21 bits per heavy atom. The van der Waals surface area contributed by atoms with Crippen molar-refractivity contribution < 1.29 is 4.74 Å². The maximum atomic E-state index is 12.4. The number of pyridine rings is 1. The van der Waals surface area contributed by atoms with Gasteiger partial charge in [0.15, 0.2) is 0 Å². The Bertz CT molecular complexity index is 897. The first kappa shape index (κ1) is 16.0. The second kappa shape index (κ2) is 7.14. The van der Waals surface area contributed by atoms with E-state index in [0.29, 0.717) is 23.8 Å². The molecule has 0 aliphatic carbocycles. The molecule has 0 amide bonds. The molecule has 0 saturated heterocycles. The highest BCUT2D eigenvalue weighted by molar-refractivity contribution is 6.32. The van der Waals surface area contributed by atoms with Gasteiger partial charge in [-0.25, -0.2) is 4.98 Å². The van der Waals surface area contributed by atoms with Gasteiger partial charge in [-0.3, -0.25) is 4.79 Å². The standard InChI is InChI=1S/C17H15ClN4O2/c1-24-16-12(6-5-9-19-16)10-20-14-11-21-22(17(23)15(14)18)13-7-3-2-4-8-13/h2-9,11,20H,10H2,1H3. The molecule has 2 heterocycles. The fraction of sp³-hybridized carbons (Fsp3) is 0.118. The number of benzene rings is 1. The van der Waals surface area contributed by atoms with Crippen LogP contribution in [0.2, 0.25) is 5.02 Å². The first-order chi connectivity index (χ1) is 11.7. The van der Waals surface area contributed by atoms with Crippen molar-refractivity contribution >= 4 is 17.3 Å². The van der Waals surface area contributed by atoms with E-state index in [4.69, 9.17) is 16.3 Å². The lowest BCUT2D eigenvalue weighted by molar-refractivity contribution is 0.393. The van der Waals surface area contributed by atoms with Crippen LogP contribution in [0.15, 0.2) is 59.7 Å². The van der Waals surface area contributed by atoms with Crippen molar-refractivity contribution in [3.63, 3.8) is 0 Å². The minimum Gasteiger partial charge on any atom is -0.481 e. The third-order valence-corrected chi connectivity index (χ3v) is 3.80. The van der Waals surface area contributed by atoms with Crippen LogP contribution in [0.4, 0.5) is 5.69 Å². The highest BCUT2D eigenvalue weighted by Crippen LogP contribution is 2.20. The van der Waals surface area contributed by atoms with Crippen LogP contribution in [-0.2, 0) is 6.54 Å². The summed E-state index contributed by atoms with van der Waals surface area (Å²) in [5.74, 6) is 0.520. The van der Waals surface area contributed by atoms with Crippen molar-refractivity contribution in [2.24, 2.45) is 0 Å². The molecule has 6 nitrogen and oxygen atoms in total. The zero-order chi connectivity index (χ0) is 16.9. The molecule has 24 heavy (non-hydrogen) atoms. The lowest BCUT2D eigenvalue weighted by atomic mass is 10.2. The van der Waals surface area contributed by atoms with Crippen molar-refractivity contribution in [2.45, 2.75) is 6.54 Å². The van der Waals surface area contributed by atoms with Gasteiger partial charge in [-0.05, 0) is 18.2 Å². The molecule has 3 aromatic rings. The first-order valence-electron chi connectivity index (χ1n) is 7.25. The SMILES string of the molecule is COc1ncccc1CNc1cnn(-c2ccccc2)c(=O)c1Cl. The van der Waals surface area contributed by atoms with Crippen molar-refractivity contribution in [2.75, 3.05) is 12.4 Å². The van der Waals surface area contributed by atoms with E-state index in [-0.39, 0.29) is 10.6 Å². The summed E-state index contributed by atoms with van der Waals surface area (Å²) < 4.78 is 6.46. The number of aromatic nitrogens is 3. The molecule has 122 valence electrons. The lowest BCUT2D eigenvalue weighted by Crippen LogP contribution is -2.22. The Balaban J connectivity index is 1.85. The van der Waals surface area contributed by atoms with Gasteiger partial charge in [0.1, 0.15) is 5.02 Å². The monoisotopic (exact) mass is 342 g/mol. The van der Waals surface area contributed by atoms with Crippen LogP contribution in [0, 0.1) is 0 Å². The van der Waals surface area contributed by atoms with Gasteiger partial charge < -0.3 is 10.1 Å². The molecule has 0 atom stereocenters. The summed E-state index contributed by atoms with van der Waals surface area (Å²) in [6.07, 6.45) is 3.18. The van der Waals surface area contributed by atoms with E-state index < -0.39 is 0 Å². The molecule has 0 bridgehead atoms. The topological polar surface area (TPSA) is 69.0 Å². The third kappa shape index (κ3) is 3.23. The van der Waals surface area contributed by atoms with Gasteiger partial charge in [-0.15, -0.1) is 0 Å². The van der Waals surface area contributed by atoms with Crippen molar-refractivity contribution in [1.82, 2.24) is 14.8 Å². The molecule has 3 rings (SSSR count). The number of rotatable bonds is 5. The summed E-state index contributed by atoms with van der Waals surface area (Å²) in [6.45, 7) is 0.410. The highest BCUT2D eigenvalue weighted by Gasteiger charge is 2.11. The summed E-state index contributed by atoms with van der Waals surface area (Å²) in [4.78, 5) is 16.5. The van der Waals surface area contributed by atoms with Crippen molar-refractivity contribution in [1.29, 1.82) is 0 Å². The highest BCUT2D eigenvalue weighted by atomic mass is 35.5. The molecule has 0 fully saturated rings. The minimum absolute atomic E-state index is 0.0803. The van der Waals surface area contributed by atoms with Crippen LogP contribution in [0.3, 0.4) is 0 Å². The summed E-state index contributed by atoms with van der Waals surface area (Å²) in [5.41, 5.74) is 1.58. The second-order valence-corrected chi connectivity index (χ2v) is 5.33. The van der Waals surface area contributed by atoms with Gasteiger partial charge >= 0.3 is 0 Å². The van der Waals surface area contributed by atoms with Gasteiger partial charge in [-0.1, -0.05) is 35.9 Å². The van der Waals surface area contributed by atoms with Crippen LogP contribution < -0.4 is 15.6 Å². The maximum absolute atomic E-state index is 12.4. The van der Waals surface area contributed by atoms with Gasteiger partial charge in [0.05, 0.1) is 24.7 Å². The predicted octanol–water partition coefficient (Wildman–Crippen LogP) is 2.90. The zero-order valence-corrected chi connectivity index (χ0v) is 13.7. The molecule has 0 saturated carbocycles. The smallest absolute Gasteiger partial charge is 0.292 e. The number of halogens is 1. The van der Waals surface area contributed by atoms with Crippen LogP contribution in [-0.4, -0.2) is 21.9 Å². The second-order valence-electron chi connectivity index (χ2n) is 4.95. The van der Waals surface area contributed by atoms with E-state index in [1.165, 1.54) is 10.9 Å². The number of nitrogens with zero attached hydrogens (tertiary/aromatic N) is 3. The number of hydrogen-bond acceptors (Lipinski definition) is 5. The van der Waals surface area contributed by atoms with Crippen molar-refractivity contribution in [3.8, 4) is 11.6 Å². The summed E-state index contributed by atoms with van der Waals surface area (Å²) in [5, 5.41) is 7.35. The fourth-order valence-electron chi connectivity index (χ4n) is 2.24. The molecule has 0 radical (unpaired) electrons. The average Bonchev–Trinajstić information content (AvgIpc) is 2.64. The Labute approximate surface area is 143 Å². The van der Waals surface area contributed by atoms with E-state index in [1.54, 1.807) is 25.4 Å². The Hall–Kier alpha value is -2.86. The normalized spacial score (nSPS) is 10.4. The van der Waals surface area contributed by atoms with Crippen molar-refractivity contribution in [3.05, 3.63) is 75.8 Å². The van der Waals surface area contributed by atoms with Gasteiger partial charge in [0.25, 0.3) is 5.56 Å². The van der Waals surface area contributed by atoms with Crippen LogP contribution in [0.5, 0.6) is 5.88 Å². The molecular formula is C17H15ClN4O2. The Kier molecular flexibility index (Phi) is 4.77. The number of hydrogen-bond donors (Lipinski definition) is 1. The Morgan fingerprint density at radius 3 is 2.75 bits per heavy atom. The zero-order valence-electron chi connectivity index (χ0n) is 12.9. The molecule has 7 heteroatoms. The number of ether oxygens (including phenoxy) is 1. The number of para-hydroxylation sites is 1. The summed E-state index contributed by atoms with van der Waals surface area (Å²) in [6, 6.07) is 12.8. The molecule has 0 aliphatic heterocycles. The number of methoxy groups -OCH3 is 1. The van der Waals surface area contributed by atoms with E-state index >= 15 is 0 Å². The van der Waals surface area contributed by atoms with E-state index in [0.717, 1.165) is 5.56 Å². The van der Waals surface area contributed by atoms with Gasteiger partial charge in [0.2, 0.25) is 5.88 Å². The first-order valence-corrected chi connectivity index (χ1v) is 7.63. The average molecular weight is 343 g/mol. The van der Waals surface area contributed by atoms with Gasteiger partial charge in [-0.2, -0.15) is 9.78 Å². The van der Waals surface area contributed by atoms with Gasteiger partial charge in [0, 0.05) is 18.3 Å². The molecule has 1 aromatic carbocycles. The van der Waals surface area contributed by atoms with Crippen LogP contribution in [0.1, 0.15) is 5.56 Å². The van der Waals surface area contributed by atoms with Crippen LogP contribution >= 0.6 is 11.6 Å². The quantitative estimate of drug-likeness (QED) is 0.772. The predicted molar refractivity (Wildman–Crippen MR) is 93.0 cm³/mol. The number of anilines is 1. The maximum Gasteiger partial charge on any atom is 0.292 e. The number of nitrogens with one attached hydrogen (secondary N) is 1. The van der Waals surface area contributed by atoms with E-state index in [2.05, 4.69) is 15.4 Å². The summed E-state index contributed by atoms with van der Waals surface area (Å²) in [7, 11) is 1.56. The van der Waals surface area contributed by atoms with E-state index in [1.807, 2.05) is 30.3 Å². The molecule has 2 aromatic heterocycles. The third-order valence-electron chi connectivity index (χ3n) is 3.43. The largest absolute Gasteiger partial charge is 0.481 e. The molecule has 1 N–H and O–H groups in total. The molecule has 0 unspecified atom stereocenters. The lowest BCUT2D eigenvalue weighted by Gasteiger charge is -2.11. The summed E-state index contributed by atoms with van der Waals surface area (Å²) >= 11 is 6.21. The molecule has 0 spiro atoms. The molecular weight excluding hydrogens is 328 g/mol. The van der Waals surface area contributed by atoms with E-state index in [9.17, 15) is 4.79 Å². The minimum atomic E-state index is -0.383. The fourth-order valence-corrected chi connectivity index (χ4v) is 2.44.